The first-order chi connectivity index (χ1) is 13.1. The zero-order chi connectivity index (χ0) is 19.6. The molecule has 5 nitrogen and oxygen atoms in total. The third kappa shape index (κ3) is 7.35. The highest BCUT2D eigenvalue weighted by atomic mass is 127. The van der Waals surface area contributed by atoms with E-state index < -0.39 is 0 Å². The van der Waals surface area contributed by atoms with Gasteiger partial charge in [-0.05, 0) is 48.7 Å². The van der Waals surface area contributed by atoms with E-state index in [2.05, 4.69) is 15.6 Å². The SMILES string of the molecule is CCOc1c(Cl)cc(CNC(=NC)NCCc2ccc(F)cc2)cc1OC.I. The molecule has 0 heterocycles. The van der Waals surface area contributed by atoms with Gasteiger partial charge in [-0.2, -0.15) is 0 Å². The zero-order valence-corrected chi connectivity index (χ0v) is 19.3. The summed E-state index contributed by atoms with van der Waals surface area (Å²) >= 11 is 6.30. The molecule has 0 aliphatic carbocycles. The molecule has 154 valence electrons. The van der Waals surface area contributed by atoms with Crippen molar-refractivity contribution in [2.75, 3.05) is 27.3 Å². The molecule has 0 bridgehead atoms. The highest BCUT2D eigenvalue weighted by Gasteiger charge is 2.12. The minimum absolute atomic E-state index is 0. The van der Waals surface area contributed by atoms with Crippen LogP contribution in [0.3, 0.4) is 0 Å². The van der Waals surface area contributed by atoms with Gasteiger partial charge in [0.1, 0.15) is 5.82 Å². The van der Waals surface area contributed by atoms with E-state index in [1.54, 1.807) is 26.3 Å². The summed E-state index contributed by atoms with van der Waals surface area (Å²) in [5.74, 6) is 1.59. The van der Waals surface area contributed by atoms with E-state index in [0.717, 1.165) is 17.5 Å². The van der Waals surface area contributed by atoms with Gasteiger partial charge in [0.15, 0.2) is 17.5 Å². The average molecular weight is 522 g/mol. The van der Waals surface area contributed by atoms with Crippen LogP contribution in [0.2, 0.25) is 5.02 Å². The van der Waals surface area contributed by atoms with E-state index in [0.29, 0.717) is 42.2 Å². The molecule has 2 N–H and O–H groups in total. The molecular formula is C20H26ClFIN3O2. The highest BCUT2D eigenvalue weighted by molar-refractivity contribution is 14.0. The lowest BCUT2D eigenvalue weighted by Gasteiger charge is -2.15. The maximum atomic E-state index is 12.9. The van der Waals surface area contributed by atoms with Crippen LogP contribution in [-0.2, 0) is 13.0 Å². The number of benzene rings is 2. The molecule has 2 aromatic rings. The molecule has 0 aliphatic rings. The van der Waals surface area contributed by atoms with Crippen LogP contribution >= 0.6 is 35.6 Å². The van der Waals surface area contributed by atoms with Crippen molar-refractivity contribution in [1.29, 1.82) is 0 Å². The van der Waals surface area contributed by atoms with Gasteiger partial charge < -0.3 is 20.1 Å². The molecule has 0 aromatic heterocycles. The first kappa shape index (κ1) is 24.3. The number of hydrogen-bond donors (Lipinski definition) is 2. The number of nitrogens with zero attached hydrogens (tertiary/aromatic N) is 1. The average Bonchev–Trinajstić information content (AvgIpc) is 2.67. The quantitative estimate of drug-likeness (QED) is 0.307. The van der Waals surface area contributed by atoms with Crippen LogP contribution in [0.1, 0.15) is 18.1 Å². The summed E-state index contributed by atoms with van der Waals surface area (Å²) in [4.78, 5) is 4.21. The van der Waals surface area contributed by atoms with Gasteiger partial charge >= 0.3 is 0 Å². The molecule has 0 unspecified atom stereocenters. The summed E-state index contributed by atoms with van der Waals surface area (Å²) in [5.41, 5.74) is 2.00. The third-order valence-electron chi connectivity index (χ3n) is 3.88. The number of ether oxygens (including phenoxy) is 2. The second-order valence-electron chi connectivity index (χ2n) is 5.77. The van der Waals surface area contributed by atoms with Crippen LogP contribution in [0.25, 0.3) is 0 Å². The molecule has 0 aliphatic heterocycles. The standard InChI is InChI=1S/C20H25ClFN3O2.HI/c1-4-27-19-17(21)11-15(12-18(19)26-3)13-25-20(23-2)24-10-9-14-5-7-16(22)8-6-14;/h5-8,11-12H,4,9-10,13H2,1-3H3,(H2,23,24,25);1H. The molecule has 0 atom stereocenters. The number of halogens is 3. The van der Waals surface area contributed by atoms with Gasteiger partial charge in [-0.25, -0.2) is 4.39 Å². The predicted octanol–water partition coefficient (Wildman–Crippen LogP) is 4.41. The third-order valence-corrected chi connectivity index (χ3v) is 4.16. The van der Waals surface area contributed by atoms with Gasteiger partial charge in [0.05, 0.1) is 18.7 Å². The van der Waals surface area contributed by atoms with Crippen molar-refractivity contribution in [3.63, 3.8) is 0 Å². The molecule has 0 saturated heterocycles. The Morgan fingerprint density at radius 3 is 2.46 bits per heavy atom. The molecule has 0 amide bonds. The molecule has 28 heavy (non-hydrogen) atoms. The smallest absolute Gasteiger partial charge is 0.191 e. The van der Waals surface area contributed by atoms with E-state index in [1.165, 1.54) is 12.1 Å². The zero-order valence-electron chi connectivity index (χ0n) is 16.2. The van der Waals surface area contributed by atoms with Crippen LogP contribution in [0.15, 0.2) is 41.4 Å². The van der Waals surface area contributed by atoms with Gasteiger partial charge in [0.25, 0.3) is 0 Å². The summed E-state index contributed by atoms with van der Waals surface area (Å²) in [6.07, 6.45) is 0.768. The normalized spacial score (nSPS) is 10.8. The van der Waals surface area contributed by atoms with E-state index in [4.69, 9.17) is 21.1 Å². The molecule has 2 rings (SSSR count). The number of methoxy groups -OCH3 is 1. The van der Waals surface area contributed by atoms with Crippen LogP contribution in [0.4, 0.5) is 4.39 Å². The Labute approximate surface area is 187 Å². The van der Waals surface area contributed by atoms with Gasteiger partial charge in [-0.1, -0.05) is 23.7 Å². The molecule has 8 heteroatoms. The van der Waals surface area contributed by atoms with Gasteiger partial charge in [0, 0.05) is 20.1 Å². The Hall–Kier alpha value is -1.74. The molecule has 0 spiro atoms. The van der Waals surface area contributed by atoms with Gasteiger partial charge in [-0.15, -0.1) is 24.0 Å². The van der Waals surface area contributed by atoms with Crippen LogP contribution in [-0.4, -0.2) is 33.3 Å². The summed E-state index contributed by atoms with van der Waals surface area (Å²) in [6.45, 7) is 3.61. The molecular weight excluding hydrogens is 496 g/mol. The van der Waals surface area contributed by atoms with Gasteiger partial charge in [-0.3, -0.25) is 4.99 Å². The van der Waals surface area contributed by atoms with E-state index >= 15 is 0 Å². The summed E-state index contributed by atoms with van der Waals surface area (Å²) in [6, 6.07) is 10.2. The Morgan fingerprint density at radius 2 is 1.86 bits per heavy atom. The maximum Gasteiger partial charge on any atom is 0.191 e. The molecule has 2 aromatic carbocycles. The van der Waals surface area contributed by atoms with E-state index in [1.807, 2.05) is 19.1 Å². The first-order valence-electron chi connectivity index (χ1n) is 8.75. The number of nitrogens with one attached hydrogen (secondary N) is 2. The number of aliphatic imine (C=N–C) groups is 1. The Morgan fingerprint density at radius 1 is 1.14 bits per heavy atom. The minimum atomic E-state index is -0.228. The topological polar surface area (TPSA) is 54.9 Å². The summed E-state index contributed by atoms with van der Waals surface area (Å²) < 4.78 is 23.8. The number of hydrogen-bond acceptors (Lipinski definition) is 3. The summed E-state index contributed by atoms with van der Waals surface area (Å²) in [5, 5.41) is 6.98. The Bertz CT molecular complexity index is 773. The first-order valence-corrected chi connectivity index (χ1v) is 9.13. The van der Waals surface area contributed by atoms with Crippen LogP contribution < -0.4 is 20.1 Å². The van der Waals surface area contributed by atoms with Crippen molar-refractivity contribution in [3.8, 4) is 11.5 Å². The lowest BCUT2D eigenvalue weighted by Crippen LogP contribution is -2.37. The molecule has 0 fully saturated rings. The Balaban J connectivity index is 0.00000392. The van der Waals surface area contributed by atoms with Crippen molar-refractivity contribution in [2.45, 2.75) is 19.9 Å². The fourth-order valence-corrected chi connectivity index (χ4v) is 2.83. The van der Waals surface area contributed by atoms with Crippen molar-refractivity contribution in [1.82, 2.24) is 10.6 Å². The fourth-order valence-electron chi connectivity index (χ4n) is 2.54. The van der Waals surface area contributed by atoms with Crippen molar-refractivity contribution in [3.05, 3.63) is 58.4 Å². The lowest BCUT2D eigenvalue weighted by atomic mass is 10.1. The molecule has 0 radical (unpaired) electrons. The highest BCUT2D eigenvalue weighted by Crippen LogP contribution is 2.36. The summed E-state index contributed by atoms with van der Waals surface area (Å²) in [7, 11) is 3.29. The van der Waals surface area contributed by atoms with Crippen molar-refractivity contribution < 1.29 is 13.9 Å². The molecule has 0 saturated carbocycles. The second kappa shape index (κ2) is 12.7. The van der Waals surface area contributed by atoms with Gasteiger partial charge in [0.2, 0.25) is 0 Å². The monoisotopic (exact) mass is 521 g/mol. The maximum absolute atomic E-state index is 12.9. The fraction of sp³-hybridized carbons (Fsp3) is 0.350. The second-order valence-corrected chi connectivity index (χ2v) is 6.18. The van der Waals surface area contributed by atoms with E-state index in [-0.39, 0.29) is 29.8 Å². The largest absolute Gasteiger partial charge is 0.493 e. The lowest BCUT2D eigenvalue weighted by molar-refractivity contribution is 0.311. The predicted molar refractivity (Wildman–Crippen MR) is 123 cm³/mol. The van der Waals surface area contributed by atoms with Crippen LogP contribution in [0.5, 0.6) is 11.5 Å². The van der Waals surface area contributed by atoms with Crippen molar-refractivity contribution >= 4 is 41.5 Å². The number of guanidine groups is 1. The van der Waals surface area contributed by atoms with E-state index in [9.17, 15) is 4.39 Å². The minimum Gasteiger partial charge on any atom is -0.493 e. The van der Waals surface area contributed by atoms with Crippen LogP contribution in [0, 0.1) is 5.82 Å². The van der Waals surface area contributed by atoms with Crippen molar-refractivity contribution in [2.24, 2.45) is 4.99 Å². The number of rotatable bonds is 8. The Kier molecular flexibility index (Phi) is 11.0.